The number of hydrogen-bond acceptors (Lipinski definition) is 1. The zero-order valence-electron chi connectivity index (χ0n) is 13.4. The molecule has 23 heavy (non-hydrogen) atoms. The van der Waals surface area contributed by atoms with Crippen LogP contribution in [0.2, 0.25) is 5.02 Å². The smallest absolute Gasteiger partial charge is 0.127 e. The van der Waals surface area contributed by atoms with Gasteiger partial charge < -0.3 is 4.90 Å². The minimum Gasteiger partial charge on any atom is -0.366 e. The molecule has 0 aliphatic heterocycles. The van der Waals surface area contributed by atoms with Gasteiger partial charge in [0, 0.05) is 24.5 Å². The standard InChI is InChI=1S/C18H19BrClFN2/c1-4-23(3)11-22-17-8-12(2)7-14(18(17)20)9-13-5-6-15(19)10-16(13)21/h5-8,10-11H,4,9H2,1-3H3. The molecule has 0 fully saturated rings. The maximum atomic E-state index is 14.1. The van der Waals surface area contributed by atoms with Gasteiger partial charge in [0.25, 0.3) is 0 Å². The Labute approximate surface area is 150 Å². The zero-order valence-corrected chi connectivity index (χ0v) is 15.7. The van der Waals surface area contributed by atoms with Gasteiger partial charge >= 0.3 is 0 Å². The minimum absolute atomic E-state index is 0.243. The van der Waals surface area contributed by atoms with Crippen LogP contribution in [0.4, 0.5) is 10.1 Å². The third-order valence-corrected chi connectivity index (χ3v) is 4.49. The highest BCUT2D eigenvalue weighted by Crippen LogP contribution is 2.32. The first kappa shape index (κ1) is 18.0. The summed E-state index contributed by atoms with van der Waals surface area (Å²) < 4.78 is 14.8. The molecule has 0 radical (unpaired) electrons. The third-order valence-electron chi connectivity index (χ3n) is 3.56. The number of rotatable bonds is 5. The van der Waals surface area contributed by atoms with Crippen LogP contribution in [0, 0.1) is 12.7 Å². The monoisotopic (exact) mass is 396 g/mol. The molecule has 0 amide bonds. The lowest BCUT2D eigenvalue weighted by molar-refractivity contribution is 0.552. The highest BCUT2D eigenvalue weighted by molar-refractivity contribution is 9.10. The maximum Gasteiger partial charge on any atom is 0.127 e. The summed E-state index contributed by atoms with van der Waals surface area (Å²) in [7, 11) is 1.95. The molecule has 0 atom stereocenters. The molecule has 0 aromatic heterocycles. The quantitative estimate of drug-likeness (QED) is 0.463. The van der Waals surface area contributed by atoms with Crippen molar-refractivity contribution < 1.29 is 4.39 Å². The van der Waals surface area contributed by atoms with E-state index in [0.29, 0.717) is 22.7 Å². The van der Waals surface area contributed by atoms with E-state index in [2.05, 4.69) is 20.9 Å². The minimum atomic E-state index is -0.243. The Hall–Kier alpha value is -1.39. The summed E-state index contributed by atoms with van der Waals surface area (Å²) in [6, 6.07) is 8.98. The molecular formula is C18H19BrClFN2. The predicted molar refractivity (Wildman–Crippen MR) is 99.6 cm³/mol. The number of benzene rings is 2. The van der Waals surface area contributed by atoms with Crippen molar-refractivity contribution in [3.05, 3.63) is 62.3 Å². The fourth-order valence-electron chi connectivity index (χ4n) is 2.16. The van der Waals surface area contributed by atoms with Gasteiger partial charge in [0.1, 0.15) is 5.82 Å². The molecule has 2 nitrogen and oxygen atoms in total. The van der Waals surface area contributed by atoms with Crippen molar-refractivity contribution in [1.82, 2.24) is 4.90 Å². The molecule has 5 heteroatoms. The molecule has 2 aromatic carbocycles. The second-order valence-electron chi connectivity index (χ2n) is 5.49. The van der Waals surface area contributed by atoms with Gasteiger partial charge in [0.2, 0.25) is 0 Å². The van der Waals surface area contributed by atoms with E-state index in [1.165, 1.54) is 6.07 Å². The number of hydrogen-bond donors (Lipinski definition) is 0. The van der Waals surface area contributed by atoms with E-state index < -0.39 is 0 Å². The summed E-state index contributed by atoms with van der Waals surface area (Å²) in [6.07, 6.45) is 2.19. The number of halogens is 3. The Morgan fingerprint density at radius 2 is 2.00 bits per heavy atom. The van der Waals surface area contributed by atoms with E-state index in [9.17, 15) is 4.39 Å². The highest BCUT2D eigenvalue weighted by Gasteiger charge is 2.11. The van der Waals surface area contributed by atoms with Crippen LogP contribution in [-0.2, 0) is 6.42 Å². The van der Waals surface area contributed by atoms with Crippen molar-refractivity contribution >= 4 is 39.6 Å². The first-order chi connectivity index (χ1) is 10.9. The molecule has 0 saturated heterocycles. The van der Waals surface area contributed by atoms with Crippen molar-refractivity contribution in [2.24, 2.45) is 4.99 Å². The average molecular weight is 398 g/mol. The van der Waals surface area contributed by atoms with E-state index in [4.69, 9.17) is 11.6 Å². The molecule has 0 heterocycles. The Balaban J connectivity index is 2.35. The van der Waals surface area contributed by atoms with E-state index in [0.717, 1.165) is 22.1 Å². The predicted octanol–water partition coefficient (Wildman–Crippen LogP) is 5.75. The Bertz CT molecular complexity index is 731. The molecule has 0 aliphatic rings. The van der Waals surface area contributed by atoms with Crippen molar-refractivity contribution in [3.63, 3.8) is 0 Å². The topological polar surface area (TPSA) is 15.6 Å². The van der Waals surface area contributed by atoms with Crippen LogP contribution in [0.1, 0.15) is 23.6 Å². The SMILES string of the molecule is CCN(C)C=Nc1cc(C)cc(Cc2ccc(Br)cc2F)c1Cl. The van der Waals surface area contributed by atoms with Gasteiger partial charge in [0.05, 0.1) is 17.0 Å². The van der Waals surface area contributed by atoms with Gasteiger partial charge in [-0.15, -0.1) is 0 Å². The normalized spacial score (nSPS) is 11.2. The van der Waals surface area contributed by atoms with Gasteiger partial charge in [-0.2, -0.15) is 0 Å². The largest absolute Gasteiger partial charge is 0.366 e. The first-order valence-electron chi connectivity index (χ1n) is 7.38. The number of aryl methyl sites for hydroxylation is 1. The van der Waals surface area contributed by atoms with Crippen LogP contribution < -0.4 is 0 Å². The fourth-order valence-corrected chi connectivity index (χ4v) is 2.72. The molecule has 0 spiro atoms. The van der Waals surface area contributed by atoms with E-state index >= 15 is 0 Å². The average Bonchev–Trinajstić information content (AvgIpc) is 2.51. The summed E-state index contributed by atoms with van der Waals surface area (Å²) in [4.78, 5) is 6.41. The van der Waals surface area contributed by atoms with Crippen LogP contribution in [0.5, 0.6) is 0 Å². The number of nitrogens with zero attached hydrogens (tertiary/aromatic N) is 2. The first-order valence-corrected chi connectivity index (χ1v) is 8.55. The Morgan fingerprint density at radius 1 is 1.26 bits per heavy atom. The molecule has 122 valence electrons. The van der Waals surface area contributed by atoms with Crippen LogP contribution in [-0.4, -0.2) is 24.8 Å². The van der Waals surface area contributed by atoms with Crippen molar-refractivity contribution in [2.45, 2.75) is 20.3 Å². The molecule has 0 bridgehead atoms. The maximum absolute atomic E-state index is 14.1. The lowest BCUT2D eigenvalue weighted by Crippen LogP contribution is -2.14. The third kappa shape index (κ3) is 4.79. The van der Waals surface area contributed by atoms with Gasteiger partial charge in [-0.1, -0.05) is 39.7 Å². The lowest BCUT2D eigenvalue weighted by Gasteiger charge is -2.12. The molecule has 2 rings (SSSR count). The van der Waals surface area contributed by atoms with E-state index in [1.54, 1.807) is 12.4 Å². The second-order valence-corrected chi connectivity index (χ2v) is 6.78. The lowest BCUT2D eigenvalue weighted by atomic mass is 10.0. The fraction of sp³-hybridized carbons (Fsp3) is 0.278. The van der Waals surface area contributed by atoms with Crippen molar-refractivity contribution in [2.75, 3.05) is 13.6 Å². The molecule has 0 unspecified atom stereocenters. The van der Waals surface area contributed by atoms with Crippen LogP contribution in [0.25, 0.3) is 0 Å². The van der Waals surface area contributed by atoms with Crippen LogP contribution in [0.3, 0.4) is 0 Å². The van der Waals surface area contributed by atoms with Crippen molar-refractivity contribution in [3.8, 4) is 0 Å². The second kappa shape index (κ2) is 7.93. The van der Waals surface area contributed by atoms with Crippen molar-refractivity contribution in [1.29, 1.82) is 0 Å². The highest BCUT2D eigenvalue weighted by atomic mass is 79.9. The van der Waals surface area contributed by atoms with Gasteiger partial charge in [-0.3, -0.25) is 0 Å². The molecule has 2 aromatic rings. The van der Waals surface area contributed by atoms with E-state index in [1.807, 2.05) is 44.0 Å². The van der Waals surface area contributed by atoms with E-state index in [-0.39, 0.29) is 5.82 Å². The summed E-state index contributed by atoms with van der Waals surface area (Å²) in [5.41, 5.74) is 3.24. The van der Waals surface area contributed by atoms with Gasteiger partial charge in [-0.25, -0.2) is 9.38 Å². The van der Waals surface area contributed by atoms with Gasteiger partial charge in [-0.05, 0) is 48.7 Å². The Morgan fingerprint density at radius 3 is 2.65 bits per heavy atom. The Kier molecular flexibility index (Phi) is 6.19. The summed E-state index contributed by atoms with van der Waals surface area (Å²) >= 11 is 9.75. The number of aliphatic imine (C=N–C) groups is 1. The summed E-state index contributed by atoms with van der Waals surface area (Å²) in [5, 5.41) is 0.568. The molecular weight excluding hydrogens is 379 g/mol. The van der Waals surface area contributed by atoms with Crippen LogP contribution >= 0.6 is 27.5 Å². The molecule has 0 saturated carbocycles. The summed E-state index contributed by atoms with van der Waals surface area (Å²) in [6.45, 7) is 4.90. The molecule has 0 aliphatic carbocycles. The summed E-state index contributed by atoms with van der Waals surface area (Å²) in [5.74, 6) is -0.243. The van der Waals surface area contributed by atoms with Crippen LogP contribution in [0.15, 0.2) is 39.8 Å². The zero-order chi connectivity index (χ0) is 17.0. The van der Waals surface area contributed by atoms with Gasteiger partial charge in [0.15, 0.2) is 0 Å². The molecule has 0 N–H and O–H groups in total.